The molecule has 5 atom stereocenters. The number of esters is 2. The molecular weight excluding hydrogens is 472 g/mol. The standard InChI is InChI=1S/C29H40O6Si/c1-8-26(27-19-25(20(2)32-21(3)30)28(34-27)33-22(4)31)35-36(29(5,6)7,23-15-11-9-12-16-23)24-17-13-10-14-18-24/h9-18,20,25-28H,8,19H2,1-7H3/t20-,25+,26+,27+,28?/m1/s1. The van der Waals surface area contributed by atoms with E-state index in [1.54, 1.807) is 0 Å². The van der Waals surface area contributed by atoms with Crippen molar-refractivity contribution < 1.29 is 28.2 Å². The molecule has 0 bridgehead atoms. The van der Waals surface area contributed by atoms with Gasteiger partial charge >= 0.3 is 11.9 Å². The van der Waals surface area contributed by atoms with Gasteiger partial charge in [-0.2, -0.15) is 0 Å². The van der Waals surface area contributed by atoms with Crippen LogP contribution in [0.3, 0.4) is 0 Å². The highest BCUT2D eigenvalue weighted by Gasteiger charge is 2.53. The molecule has 196 valence electrons. The van der Waals surface area contributed by atoms with Crippen LogP contribution < -0.4 is 10.4 Å². The molecule has 2 aromatic rings. The third-order valence-corrected chi connectivity index (χ3v) is 12.0. The van der Waals surface area contributed by atoms with Gasteiger partial charge in [-0.3, -0.25) is 9.59 Å². The Morgan fingerprint density at radius 2 is 1.50 bits per heavy atom. The van der Waals surface area contributed by atoms with Gasteiger partial charge in [0.05, 0.1) is 18.1 Å². The Hall–Kier alpha value is -2.48. The molecule has 0 N–H and O–H groups in total. The van der Waals surface area contributed by atoms with E-state index in [0.29, 0.717) is 6.42 Å². The fraction of sp³-hybridized carbons (Fsp3) is 0.517. The third kappa shape index (κ3) is 6.07. The molecule has 0 spiro atoms. The average Bonchev–Trinajstić information content (AvgIpc) is 3.23. The van der Waals surface area contributed by atoms with Crippen molar-refractivity contribution in [1.29, 1.82) is 0 Å². The van der Waals surface area contributed by atoms with Crippen molar-refractivity contribution in [2.24, 2.45) is 5.92 Å². The lowest BCUT2D eigenvalue weighted by atomic mass is 9.96. The van der Waals surface area contributed by atoms with E-state index in [0.717, 1.165) is 6.42 Å². The van der Waals surface area contributed by atoms with Crippen LogP contribution in [0.15, 0.2) is 60.7 Å². The molecule has 7 heteroatoms. The van der Waals surface area contributed by atoms with Crippen molar-refractivity contribution >= 4 is 30.6 Å². The summed E-state index contributed by atoms with van der Waals surface area (Å²) in [6.07, 6.45) is -0.534. The van der Waals surface area contributed by atoms with Gasteiger partial charge in [0.25, 0.3) is 8.32 Å². The first-order chi connectivity index (χ1) is 17.0. The zero-order valence-corrected chi connectivity index (χ0v) is 23.5. The summed E-state index contributed by atoms with van der Waals surface area (Å²) >= 11 is 0. The molecule has 1 unspecified atom stereocenters. The summed E-state index contributed by atoms with van der Waals surface area (Å²) in [5, 5.41) is 2.21. The van der Waals surface area contributed by atoms with Crippen LogP contribution in [0.25, 0.3) is 0 Å². The summed E-state index contributed by atoms with van der Waals surface area (Å²) in [6, 6.07) is 21.0. The molecule has 0 aromatic heterocycles. The normalized spacial score (nSPS) is 22.0. The minimum atomic E-state index is -2.80. The molecule has 1 aliphatic rings. The van der Waals surface area contributed by atoms with Gasteiger partial charge < -0.3 is 18.6 Å². The lowest BCUT2D eigenvalue weighted by molar-refractivity contribution is -0.191. The molecule has 2 aromatic carbocycles. The fourth-order valence-corrected chi connectivity index (χ4v) is 10.1. The highest BCUT2D eigenvalue weighted by Crippen LogP contribution is 2.41. The van der Waals surface area contributed by atoms with Crippen molar-refractivity contribution in [3.8, 4) is 0 Å². The predicted octanol–water partition coefficient (Wildman–Crippen LogP) is 4.59. The molecular formula is C29H40O6Si. The largest absolute Gasteiger partial charge is 0.462 e. The van der Waals surface area contributed by atoms with Crippen LogP contribution in [0.4, 0.5) is 0 Å². The molecule has 1 aliphatic heterocycles. The first kappa shape index (κ1) is 28.1. The highest BCUT2D eigenvalue weighted by molar-refractivity contribution is 6.99. The summed E-state index contributed by atoms with van der Waals surface area (Å²) in [7, 11) is -2.80. The van der Waals surface area contributed by atoms with Crippen LogP contribution in [-0.4, -0.2) is 44.9 Å². The summed E-state index contributed by atoms with van der Waals surface area (Å²) in [6.45, 7) is 13.4. The second-order valence-corrected chi connectivity index (χ2v) is 14.8. The van der Waals surface area contributed by atoms with Crippen LogP contribution in [0, 0.1) is 5.92 Å². The minimum absolute atomic E-state index is 0.179. The Morgan fingerprint density at radius 3 is 1.92 bits per heavy atom. The lowest BCUT2D eigenvalue weighted by Gasteiger charge is -2.46. The van der Waals surface area contributed by atoms with Crippen LogP contribution in [0.5, 0.6) is 0 Å². The predicted molar refractivity (Wildman–Crippen MR) is 143 cm³/mol. The number of carbonyl (C=O) groups is 2. The van der Waals surface area contributed by atoms with E-state index in [-0.39, 0.29) is 29.1 Å². The quantitative estimate of drug-likeness (QED) is 0.362. The SMILES string of the molecule is CC[C@H](O[Si](c1ccccc1)(c1ccccc1)C(C)(C)C)[C@@H]1C[C@@H]([C@@H](C)OC(C)=O)C(OC(C)=O)O1. The molecule has 1 fully saturated rings. The number of carbonyl (C=O) groups excluding carboxylic acids is 2. The average molecular weight is 513 g/mol. The summed E-state index contributed by atoms with van der Waals surface area (Å²) in [5.74, 6) is -1.08. The number of ether oxygens (including phenoxy) is 3. The molecule has 36 heavy (non-hydrogen) atoms. The number of benzene rings is 2. The van der Waals surface area contributed by atoms with Crippen molar-refractivity contribution in [3.63, 3.8) is 0 Å². The zero-order valence-electron chi connectivity index (χ0n) is 22.5. The molecule has 0 aliphatic carbocycles. The van der Waals surface area contributed by atoms with Gasteiger partial charge in [0.2, 0.25) is 6.29 Å². The van der Waals surface area contributed by atoms with Gasteiger partial charge in [-0.05, 0) is 35.2 Å². The van der Waals surface area contributed by atoms with Gasteiger partial charge in [0.15, 0.2) is 0 Å². The molecule has 6 nitrogen and oxygen atoms in total. The van der Waals surface area contributed by atoms with E-state index >= 15 is 0 Å². The maximum Gasteiger partial charge on any atom is 0.304 e. The first-order valence-electron chi connectivity index (χ1n) is 12.8. The Bertz CT molecular complexity index is 964. The van der Waals surface area contributed by atoms with Gasteiger partial charge in [-0.1, -0.05) is 88.4 Å². The monoisotopic (exact) mass is 512 g/mol. The van der Waals surface area contributed by atoms with E-state index in [9.17, 15) is 9.59 Å². The summed E-state index contributed by atoms with van der Waals surface area (Å²) < 4.78 is 24.7. The second kappa shape index (κ2) is 11.7. The van der Waals surface area contributed by atoms with Crippen LogP contribution in [0.2, 0.25) is 5.04 Å². The topological polar surface area (TPSA) is 71.1 Å². The Labute approximate surface area is 216 Å². The molecule has 0 saturated carbocycles. The van der Waals surface area contributed by atoms with E-state index in [1.165, 1.54) is 24.2 Å². The maximum absolute atomic E-state index is 11.8. The fourth-order valence-electron chi connectivity index (χ4n) is 5.33. The third-order valence-electron chi connectivity index (χ3n) is 6.96. The second-order valence-electron chi connectivity index (χ2n) is 10.6. The van der Waals surface area contributed by atoms with Crippen molar-refractivity contribution in [2.75, 3.05) is 0 Å². The van der Waals surface area contributed by atoms with E-state index in [4.69, 9.17) is 18.6 Å². The Morgan fingerprint density at radius 1 is 0.972 bits per heavy atom. The van der Waals surface area contributed by atoms with Crippen molar-refractivity contribution in [1.82, 2.24) is 0 Å². The van der Waals surface area contributed by atoms with Crippen LogP contribution >= 0.6 is 0 Å². The minimum Gasteiger partial charge on any atom is -0.462 e. The van der Waals surface area contributed by atoms with Crippen molar-refractivity contribution in [2.45, 2.75) is 90.9 Å². The molecule has 0 amide bonds. The van der Waals surface area contributed by atoms with Crippen LogP contribution in [0.1, 0.15) is 61.3 Å². The smallest absolute Gasteiger partial charge is 0.304 e. The number of hydrogen-bond acceptors (Lipinski definition) is 6. The van der Waals surface area contributed by atoms with Crippen molar-refractivity contribution in [3.05, 3.63) is 60.7 Å². The number of hydrogen-bond donors (Lipinski definition) is 0. The van der Waals surface area contributed by atoms with Gasteiger partial charge in [0.1, 0.15) is 6.10 Å². The van der Waals surface area contributed by atoms with Gasteiger partial charge in [-0.15, -0.1) is 0 Å². The highest BCUT2D eigenvalue weighted by atomic mass is 28.4. The molecule has 3 rings (SSSR count). The number of rotatable bonds is 9. The van der Waals surface area contributed by atoms with E-state index < -0.39 is 26.7 Å². The van der Waals surface area contributed by atoms with Crippen LogP contribution in [-0.2, 0) is 28.2 Å². The van der Waals surface area contributed by atoms with Gasteiger partial charge in [-0.25, -0.2) is 0 Å². The Balaban J connectivity index is 2.02. The van der Waals surface area contributed by atoms with E-state index in [2.05, 4.69) is 76.2 Å². The summed E-state index contributed by atoms with van der Waals surface area (Å²) in [5.41, 5.74) is 0. The zero-order chi connectivity index (χ0) is 26.5. The Kier molecular flexibility index (Phi) is 9.14. The summed E-state index contributed by atoms with van der Waals surface area (Å²) in [4.78, 5) is 23.5. The molecule has 0 radical (unpaired) electrons. The maximum atomic E-state index is 11.8. The molecule has 1 saturated heterocycles. The first-order valence-corrected chi connectivity index (χ1v) is 14.7. The van der Waals surface area contributed by atoms with Gasteiger partial charge in [0, 0.05) is 13.8 Å². The van der Waals surface area contributed by atoms with E-state index in [1.807, 2.05) is 19.1 Å². The lowest BCUT2D eigenvalue weighted by Crippen LogP contribution is -2.68. The molecule has 1 heterocycles.